The van der Waals surface area contributed by atoms with Crippen LogP contribution in [0.1, 0.15) is 36.5 Å². The summed E-state index contributed by atoms with van der Waals surface area (Å²) in [6.07, 6.45) is 2.21. The largest absolute Gasteiger partial charge is 0.464 e. The minimum atomic E-state index is -0.638. The molecule has 2 aliphatic heterocycles. The Labute approximate surface area is 150 Å². The van der Waals surface area contributed by atoms with E-state index in [0.29, 0.717) is 24.5 Å². The summed E-state index contributed by atoms with van der Waals surface area (Å²) in [5.74, 6) is -0.437. The van der Waals surface area contributed by atoms with E-state index in [1.165, 1.54) is 11.0 Å². The first-order valence-electron chi connectivity index (χ1n) is 8.63. The quantitative estimate of drug-likeness (QED) is 0.733. The second-order valence-electron chi connectivity index (χ2n) is 5.99. The molecule has 1 fully saturated rings. The smallest absolute Gasteiger partial charge is 0.338 e. The van der Waals surface area contributed by atoms with E-state index in [4.69, 9.17) is 18.9 Å². The van der Waals surface area contributed by atoms with E-state index in [-0.39, 0.29) is 19.0 Å². The Morgan fingerprint density at radius 2 is 1.96 bits per heavy atom. The fraction of sp³-hybridized carbons (Fsp3) is 0.500. The predicted molar refractivity (Wildman–Crippen MR) is 88.8 cm³/mol. The van der Waals surface area contributed by atoms with Gasteiger partial charge in [-0.2, -0.15) is 0 Å². The van der Waals surface area contributed by atoms with E-state index in [2.05, 4.69) is 0 Å². The lowest BCUT2D eigenvalue weighted by Crippen LogP contribution is -2.50. The molecule has 1 aromatic rings. The van der Waals surface area contributed by atoms with Gasteiger partial charge in [-0.05, 0) is 44.4 Å². The number of hydrogen-bond acceptors (Lipinski definition) is 7. The lowest BCUT2D eigenvalue weighted by molar-refractivity contribution is -0.157. The predicted octanol–water partition coefficient (Wildman–Crippen LogP) is 1.52. The molecular weight excluding hydrogens is 342 g/mol. The first-order chi connectivity index (χ1) is 12.6. The second kappa shape index (κ2) is 8.07. The maximum Gasteiger partial charge on any atom is 0.338 e. The van der Waals surface area contributed by atoms with Crippen LogP contribution < -0.4 is 9.47 Å². The number of carbonyl (C=O) groups is 3. The van der Waals surface area contributed by atoms with Gasteiger partial charge in [0.25, 0.3) is 5.91 Å². The fourth-order valence-electron chi connectivity index (χ4n) is 3.03. The number of fused-ring (bicyclic) bond motifs is 1. The van der Waals surface area contributed by atoms with E-state index in [1.807, 2.05) is 0 Å². The average molecular weight is 363 g/mol. The van der Waals surface area contributed by atoms with Crippen molar-refractivity contribution < 1.29 is 33.3 Å². The molecule has 0 saturated carbocycles. The molecular formula is C18H21NO7. The molecule has 2 heterocycles. The van der Waals surface area contributed by atoms with Gasteiger partial charge in [-0.15, -0.1) is 0 Å². The maximum atomic E-state index is 12.4. The highest BCUT2D eigenvalue weighted by atomic mass is 16.7. The van der Waals surface area contributed by atoms with Crippen molar-refractivity contribution in [2.45, 2.75) is 32.2 Å². The van der Waals surface area contributed by atoms with Crippen molar-refractivity contribution in [3.63, 3.8) is 0 Å². The molecule has 1 atom stereocenters. The van der Waals surface area contributed by atoms with Crippen molar-refractivity contribution in [2.75, 3.05) is 26.6 Å². The zero-order valence-corrected chi connectivity index (χ0v) is 14.6. The summed E-state index contributed by atoms with van der Waals surface area (Å²) in [4.78, 5) is 38.1. The van der Waals surface area contributed by atoms with Crippen molar-refractivity contribution in [3.05, 3.63) is 23.8 Å². The molecule has 0 N–H and O–H groups in total. The molecule has 1 aromatic carbocycles. The van der Waals surface area contributed by atoms with E-state index in [9.17, 15) is 14.4 Å². The molecule has 8 nitrogen and oxygen atoms in total. The van der Waals surface area contributed by atoms with Gasteiger partial charge in [0.15, 0.2) is 18.1 Å². The highest BCUT2D eigenvalue weighted by Crippen LogP contribution is 2.32. The third kappa shape index (κ3) is 3.89. The Kier molecular flexibility index (Phi) is 5.60. The summed E-state index contributed by atoms with van der Waals surface area (Å²) >= 11 is 0. The molecule has 0 aliphatic carbocycles. The van der Waals surface area contributed by atoms with Crippen LogP contribution >= 0.6 is 0 Å². The normalized spacial score (nSPS) is 18.3. The number of ether oxygens (including phenoxy) is 4. The average Bonchev–Trinajstić information content (AvgIpc) is 3.13. The zero-order valence-electron chi connectivity index (χ0n) is 14.6. The summed E-state index contributed by atoms with van der Waals surface area (Å²) in [5.41, 5.74) is 0.266. The fourth-order valence-corrected chi connectivity index (χ4v) is 3.03. The van der Waals surface area contributed by atoms with Crippen molar-refractivity contribution in [1.29, 1.82) is 0 Å². The molecule has 1 saturated heterocycles. The molecule has 2 aliphatic rings. The number of likely N-dealkylation sites (tertiary alicyclic amines) is 1. The number of amides is 1. The highest BCUT2D eigenvalue weighted by Gasteiger charge is 2.33. The lowest BCUT2D eigenvalue weighted by Gasteiger charge is -2.33. The second-order valence-corrected chi connectivity index (χ2v) is 5.99. The summed E-state index contributed by atoms with van der Waals surface area (Å²) in [7, 11) is 0. The summed E-state index contributed by atoms with van der Waals surface area (Å²) in [6, 6.07) is 4.06. The third-order valence-corrected chi connectivity index (χ3v) is 4.32. The molecule has 140 valence electrons. The van der Waals surface area contributed by atoms with E-state index >= 15 is 0 Å². The van der Waals surface area contributed by atoms with Crippen LogP contribution in [0.2, 0.25) is 0 Å². The van der Waals surface area contributed by atoms with Gasteiger partial charge in [-0.25, -0.2) is 9.59 Å². The summed E-state index contributed by atoms with van der Waals surface area (Å²) < 4.78 is 20.5. The minimum Gasteiger partial charge on any atom is -0.464 e. The number of rotatable bonds is 5. The first-order valence-corrected chi connectivity index (χ1v) is 8.63. The van der Waals surface area contributed by atoms with Crippen molar-refractivity contribution in [1.82, 2.24) is 4.90 Å². The van der Waals surface area contributed by atoms with E-state index < -0.39 is 30.5 Å². The summed E-state index contributed by atoms with van der Waals surface area (Å²) in [5, 5.41) is 0. The molecule has 0 bridgehead atoms. The number of piperidine rings is 1. The van der Waals surface area contributed by atoms with Crippen molar-refractivity contribution in [3.8, 4) is 11.5 Å². The molecule has 0 aromatic heterocycles. The molecule has 0 radical (unpaired) electrons. The molecule has 3 rings (SSSR count). The van der Waals surface area contributed by atoms with Crippen LogP contribution in [0.3, 0.4) is 0 Å². The number of nitrogens with zero attached hydrogens (tertiary/aromatic N) is 1. The van der Waals surface area contributed by atoms with Crippen LogP contribution in [0.5, 0.6) is 11.5 Å². The molecule has 26 heavy (non-hydrogen) atoms. The van der Waals surface area contributed by atoms with Gasteiger partial charge in [-0.1, -0.05) is 0 Å². The third-order valence-electron chi connectivity index (χ3n) is 4.32. The van der Waals surface area contributed by atoms with Crippen LogP contribution in [0, 0.1) is 0 Å². The van der Waals surface area contributed by atoms with Gasteiger partial charge in [0, 0.05) is 6.54 Å². The van der Waals surface area contributed by atoms with Crippen LogP contribution in [0.25, 0.3) is 0 Å². The molecule has 0 spiro atoms. The Hall–Kier alpha value is -2.77. The number of hydrogen-bond donors (Lipinski definition) is 0. The SMILES string of the molecule is CCOC(=O)C1CCCCN1C(=O)COC(=O)c1ccc2c(c1)OCO2. The van der Waals surface area contributed by atoms with Gasteiger partial charge in [0.2, 0.25) is 6.79 Å². The number of carbonyl (C=O) groups excluding carboxylic acids is 3. The van der Waals surface area contributed by atoms with Gasteiger partial charge < -0.3 is 23.8 Å². The topological polar surface area (TPSA) is 91.4 Å². The molecule has 8 heteroatoms. The van der Waals surface area contributed by atoms with Gasteiger partial charge in [0.1, 0.15) is 6.04 Å². The Morgan fingerprint density at radius 1 is 1.15 bits per heavy atom. The summed E-state index contributed by atoms with van der Waals surface area (Å²) in [6.45, 7) is 2.11. The van der Waals surface area contributed by atoms with Gasteiger partial charge in [0.05, 0.1) is 12.2 Å². The van der Waals surface area contributed by atoms with Gasteiger partial charge in [-0.3, -0.25) is 4.79 Å². The van der Waals surface area contributed by atoms with Gasteiger partial charge >= 0.3 is 11.9 Å². The molecule has 1 unspecified atom stereocenters. The zero-order chi connectivity index (χ0) is 18.5. The van der Waals surface area contributed by atoms with E-state index in [1.54, 1.807) is 19.1 Å². The first kappa shape index (κ1) is 18.0. The van der Waals surface area contributed by atoms with Crippen LogP contribution in [-0.2, 0) is 19.1 Å². The van der Waals surface area contributed by atoms with E-state index in [0.717, 1.165) is 12.8 Å². The van der Waals surface area contributed by atoms with Crippen LogP contribution in [0.15, 0.2) is 18.2 Å². The monoisotopic (exact) mass is 363 g/mol. The number of esters is 2. The Morgan fingerprint density at radius 3 is 2.77 bits per heavy atom. The standard InChI is InChI=1S/C18H21NO7/c1-2-23-18(22)13-5-3-4-8-19(13)16(20)10-24-17(21)12-6-7-14-15(9-12)26-11-25-14/h6-7,9,13H,2-5,8,10-11H2,1H3. The van der Waals surface area contributed by atoms with Crippen molar-refractivity contribution >= 4 is 17.8 Å². The Balaban J connectivity index is 1.58. The highest BCUT2D eigenvalue weighted by molar-refractivity contribution is 5.92. The minimum absolute atomic E-state index is 0.108. The maximum absolute atomic E-state index is 12.4. The number of benzene rings is 1. The lowest BCUT2D eigenvalue weighted by atomic mass is 10.0. The van der Waals surface area contributed by atoms with Crippen LogP contribution in [0.4, 0.5) is 0 Å². The Bertz CT molecular complexity index is 703. The van der Waals surface area contributed by atoms with Crippen molar-refractivity contribution in [2.24, 2.45) is 0 Å². The van der Waals surface area contributed by atoms with Crippen LogP contribution in [-0.4, -0.2) is 55.3 Å². The molecule has 1 amide bonds.